The van der Waals surface area contributed by atoms with E-state index in [1.807, 2.05) is 18.4 Å². The lowest BCUT2D eigenvalue weighted by Gasteiger charge is -2.23. The number of hydrazine groups is 1. The molecule has 0 radical (unpaired) electrons. The summed E-state index contributed by atoms with van der Waals surface area (Å²) in [5, 5.41) is 7.51. The fraction of sp³-hybridized carbons (Fsp3) is 0.231. The fourth-order valence-electron chi connectivity index (χ4n) is 4.43. The second kappa shape index (κ2) is 9.65. The largest absolute Gasteiger partial charge is 0.293 e. The molecule has 5 rings (SSSR count). The topological polar surface area (TPSA) is 50.2 Å². The van der Waals surface area contributed by atoms with Crippen LogP contribution < -0.4 is 5.43 Å². The van der Waals surface area contributed by atoms with E-state index in [4.69, 9.17) is 28.3 Å². The molecule has 0 spiro atoms. The standard InChI is InChI=1S/C26H23Cl2FN4O/c27-19-9-12-23(22(28)16-19)33-25-18(15-17-7-10-20(29)11-8-17)5-4-6-21(25)24(30-33)26(34)31-32-13-2-1-3-14-32/h2,7-13,15-16H,1,3-6,14H2,(H,31,34). The first kappa shape index (κ1) is 22.7. The maximum absolute atomic E-state index is 13.4. The molecule has 1 aliphatic carbocycles. The number of carbonyl (C=O) groups excluding carboxylic acids is 1. The van der Waals surface area contributed by atoms with Gasteiger partial charge in [0.1, 0.15) is 5.82 Å². The Balaban J connectivity index is 1.63. The quantitative estimate of drug-likeness (QED) is 0.451. The number of allylic oxidation sites excluding steroid dienone is 2. The van der Waals surface area contributed by atoms with E-state index in [-0.39, 0.29) is 11.7 Å². The minimum Gasteiger partial charge on any atom is -0.293 e. The lowest BCUT2D eigenvalue weighted by atomic mass is 9.89. The first-order valence-electron chi connectivity index (χ1n) is 11.3. The molecule has 2 aromatic carbocycles. The maximum Gasteiger partial charge on any atom is 0.290 e. The van der Waals surface area contributed by atoms with Gasteiger partial charge >= 0.3 is 0 Å². The van der Waals surface area contributed by atoms with E-state index in [9.17, 15) is 9.18 Å². The van der Waals surface area contributed by atoms with Gasteiger partial charge < -0.3 is 0 Å². The zero-order chi connectivity index (χ0) is 23.7. The monoisotopic (exact) mass is 496 g/mol. The molecular weight excluding hydrogens is 474 g/mol. The molecule has 0 saturated carbocycles. The van der Waals surface area contributed by atoms with E-state index in [1.54, 1.807) is 40.0 Å². The van der Waals surface area contributed by atoms with Crippen LogP contribution in [0.15, 0.2) is 54.7 Å². The van der Waals surface area contributed by atoms with Crippen LogP contribution in [0.4, 0.5) is 4.39 Å². The van der Waals surface area contributed by atoms with Gasteiger partial charge in [-0.25, -0.2) is 9.07 Å². The number of rotatable bonds is 4. The number of aromatic nitrogens is 2. The van der Waals surface area contributed by atoms with Crippen LogP contribution in [0.2, 0.25) is 10.0 Å². The molecule has 174 valence electrons. The summed E-state index contributed by atoms with van der Waals surface area (Å²) in [6.07, 6.45) is 10.3. The third-order valence-corrected chi connectivity index (χ3v) is 6.56. The Kier molecular flexibility index (Phi) is 6.44. The van der Waals surface area contributed by atoms with Crippen molar-refractivity contribution in [3.63, 3.8) is 0 Å². The van der Waals surface area contributed by atoms with Crippen LogP contribution in [0.1, 0.15) is 53.0 Å². The Morgan fingerprint density at radius 3 is 2.65 bits per heavy atom. The second-order valence-electron chi connectivity index (χ2n) is 8.42. The highest BCUT2D eigenvalue weighted by Gasteiger charge is 2.29. The van der Waals surface area contributed by atoms with Crippen LogP contribution in [0, 0.1) is 5.82 Å². The van der Waals surface area contributed by atoms with Gasteiger partial charge in [-0.2, -0.15) is 5.10 Å². The number of hydrogen-bond donors (Lipinski definition) is 1. The number of amides is 1. The van der Waals surface area contributed by atoms with Crippen molar-refractivity contribution >= 4 is 40.8 Å². The van der Waals surface area contributed by atoms with Crippen molar-refractivity contribution in [2.45, 2.75) is 32.1 Å². The van der Waals surface area contributed by atoms with Gasteiger partial charge in [0.25, 0.3) is 5.91 Å². The van der Waals surface area contributed by atoms with Crippen molar-refractivity contribution in [1.29, 1.82) is 0 Å². The zero-order valence-electron chi connectivity index (χ0n) is 18.4. The van der Waals surface area contributed by atoms with Gasteiger partial charge in [0.2, 0.25) is 0 Å². The molecule has 1 aliphatic heterocycles. The van der Waals surface area contributed by atoms with Crippen molar-refractivity contribution in [2.75, 3.05) is 6.54 Å². The molecule has 1 amide bonds. The van der Waals surface area contributed by atoms with Crippen LogP contribution >= 0.6 is 23.2 Å². The van der Waals surface area contributed by atoms with Crippen molar-refractivity contribution < 1.29 is 9.18 Å². The van der Waals surface area contributed by atoms with Crippen LogP contribution in [0.5, 0.6) is 0 Å². The average molecular weight is 497 g/mol. The third kappa shape index (κ3) is 4.61. The molecule has 34 heavy (non-hydrogen) atoms. The summed E-state index contributed by atoms with van der Waals surface area (Å²) in [7, 11) is 0. The molecular formula is C26H23Cl2FN4O. The summed E-state index contributed by atoms with van der Waals surface area (Å²) < 4.78 is 15.2. The Morgan fingerprint density at radius 1 is 1.09 bits per heavy atom. The van der Waals surface area contributed by atoms with Gasteiger partial charge in [0.15, 0.2) is 5.69 Å². The summed E-state index contributed by atoms with van der Waals surface area (Å²) in [6.45, 7) is 0.754. The molecule has 3 aromatic rings. The van der Waals surface area contributed by atoms with Crippen molar-refractivity contribution in [2.24, 2.45) is 0 Å². The highest BCUT2D eigenvalue weighted by molar-refractivity contribution is 6.35. The van der Waals surface area contributed by atoms with Crippen molar-refractivity contribution in [3.05, 3.63) is 93.1 Å². The molecule has 0 saturated heterocycles. The molecule has 2 heterocycles. The molecule has 1 N–H and O–H groups in total. The first-order chi connectivity index (χ1) is 16.5. The van der Waals surface area contributed by atoms with Gasteiger partial charge in [-0.3, -0.25) is 15.2 Å². The second-order valence-corrected chi connectivity index (χ2v) is 9.26. The van der Waals surface area contributed by atoms with Crippen molar-refractivity contribution in [3.8, 4) is 5.69 Å². The summed E-state index contributed by atoms with van der Waals surface area (Å²) >= 11 is 12.7. The summed E-state index contributed by atoms with van der Waals surface area (Å²) in [6, 6.07) is 11.6. The Bertz CT molecular complexity index is 1300. The van der Waals surface area contributed by atoms with E-state index < -0.39 is 0 Å². The van der Waals surface area contributed by atoms with E-state index in [1.165, 1.54) is 12.1 Å². The number of hydrogen-bond acceptors (Lipinski definition) is 3. The molecule has 0 bridgehead atoms. The number of carbonyl (C=O) groups is 1. The van der Waals surface area contributed by atoms with Gasteiger partial charge in [0.05, 0.1) is 16.4 Å². The molecule has 0 fully saturated rings. The third-order valence-electron chi connectivity index (χ3n) is 6.02. The van der Waals surface area contributed by atoms with E-state index in [0.29, 0.717) is 21.4 Å². The summed E-state index contributed by atoms with van der Waals surface area (Å²) in [4.78, 5) is 13.3. The van der Waals surface area contributed by atoms with Crippen molar-refractivity contribution in [1.82, 2.24) is 20.2 Å². The summed E-state index contributed by atoms with van der Waals surface area (Å²) in [5.41, 5.74) is 7.61. The van der Waals surface area contributed by atoms with E-state index in [2.05, 4.69) is 5.43 Å². The van der Waals surface area contributed by atoms with Gasteiger partial charge in [0, 0.05) is 23.3 Å². The lowest BCUT2D eigenvalue weighted by Crippen LogP contribution is -2.40. The highest BCUT2D eigenvalue weighted by atomic mass is 35.5. The molecule has 0 unspecified atom stereocenters. The molecule has 8 heteroatoms. The maximum atomic E-state index is 13.4. The zero-order valence-corrected chi connectivity index (χ0v) is 19.9. The van der Waals surface area contributed by atoms with Crippen LogP contribution in [0.25, 0.3) is 17.3 Å². The highest BCUT2D eigenvalue weighted by Crippen LogP contribution is 2.37. The number of benzene rings is 2. The van der Waals surface area contributed by atoms with E-state index in [0.717, 1.165) is 61.0 Å². The normalized spacial score (nSPS) is 16.6. The average Bonchev–Trinajstić information content (AvgIpc) is 3.22. The number of halogens is 3. The lowest BCUT2D eigenvalue weighted by molar-refractivity contribution is 0.0839. The smallest absolute Gasteiger partial charge is 0.290 e. The first-order valence-corrected chi connectivity index (χ1v) is 12.0. The predicted molar refractivity (Wildman–Crippen MR) is 133 cm³/mol. The SMILES string of the molecule is O=C(NN1C=CCCC1)c1nn(-c2ccc(Cl)cc2Cl)c2c1CCCC2=Cc1ccc(F)cc1. The molecule has 1 aromatic heterocycles. The Labute approximate surface area is 207 Å². The van der Waals surface area contributed by atoms with Gasteiger partial charge in [-0.05, 0) is 79.6 Å². The van der Waals surface area contributed by atoms with Crippen LogP contribution in [0.3, 0.4) is 0 Å². The van der Waals surface area contributed by atoms with Crippen LogP contribution in [-0.2, 0) is 6.42 Å². The predicted octanol–water partition coefficient (Wildman–Crippen LogP) is 6.45. The van der Waals surface area contributed by atoms with E-state index >= 15 is 0 Å². The minimum absolute atomic E-state index is 0.255. The number of nitrogens with one attached hydrogen (secondary N) is 1. The molecule has 2 aliphatic rings. The minimum atomic E-state index is -0.282. The number of fused-ring (bicyclic) bond motifs is 1. The van der Waals surface area contributed by atoms with Gasteiger partial charge in [-0.15, -0.1) is 0 Å². The Hall–Kier alpha value is -3.09. The Morgan fingerprint density at radius 2 is 1.91 bits per heavy atom. The molecule has 0 atom stereocenters. The fourth-order valence-corrected chi connectivity index (χ4v) is 4.92. The molecule has 5 nitrogen and oxygen atoms in total. The van der Waals surface area contributed by atoms with Gasteiger partial charge in [-0.1, -0.05) is 41.4 Å². The van der Waals surface area contributed by atoms with Crippen LogP contribution in [-0.4, -0.2) is 27.2 Å². The summed E-state index contributed by atoms with van der Waals surface area (Å²) in [5.74, 6) is -0.537. The number of nitrogens with zero attached hydrogens (tertiary/aromatic N) is 3.